The normalized spacial score (nSPS) is 21.4. The molecule has 1 aliphatic carbocycles. The van der Waals surface area contributed by atoms with Crippen molar-refractivity contribution in [2.24, 2.45) is 11.8 Å². The van der Waals surface area contributed by atoms with Crippen molar-refractivity contribution in [3.8, 4) is 0 Å². The predicted molar refractivity (Wildman–Crippen MR) is 90.0 cm³/mol. The number of nitrogens with zero attached hydrogens (tertiary/aromatic N) is 1. The lowest BCUT2D eigenvalue weighted by atomic mass is 9.76. The van der Waals surface area contributed by atoms with Crippen molar-refractivity contribution in [1.82, 2.24) is 0 Å². The topological polar surface area (TPSA) is 52.4 Å². The van der Waals surface area contributed by atoms with E-state index in [1.807, 2.05) is 0 Å². The Labute approximate surface area is 134 Å². The van der Waals surface area contributed by atoms with Gasteiger partial charge >= 0.3 is 0 Å². The highest BCUT2D eigenvalue weighted by Crippen LogP contribution is 2.38. The van der Waals surface area contributed by atoms with Crippen LogP contribution in [-0.2, 0) is 4.84 Å². The molecule has 2 unspecified atom stereocenters. The van der Waals surface area contributed by atoms with Crippen LogP contribution < -0.4 is 0 Å². The average Bonchev–Trinajstić information content (AvgIpc) is 2.46. The van der Waals surface area contributed by atoms with Crippen LogP contribution in [0.2, 0.25) is 0 Å². The van der Waals surface area contributed by atoms with Gasteiger partial charge in [0.05, 0.1) is 0 Å². The van der Waals surface area contributed by atoms with Crippen molar-refractivity contribution >= 4 is 0 Å². The molecule has 0 radical (unpaired) electrons. The summed E-state index contributed by atoms with van der Waals surface area (Å²) in [4.78, 5) is 16.2. The van der Waals surface area contributed by atoms with E-state index in [2.05, 4.69) is 34.3 Å². The predicted octanol–water partition coefficient (Wildman–Crippen LogP) is 5.47. The summed E-state index contributed by atoms with van der Waals surface area (Å²) in [6.45, 7) is 12.5. The highest BCUT2D eigenvalue weighted by atomic mass is 17.0. The monoisotopic (exact) mass is 309 g/mol. The van der Waals surface area contributed by atoms with Crippen LogP contribution in [-0.4, -0.2) is 11.2 Å². The molecule has 0 fully saturated rings. The Hall–Kier alpha value is -1.32. The van der Waals surface area contributed by atoms with Gasteiger partial charge in [-0.15, -0.1) is 10.1 Å². The summed E-state index contributed by atoms with van der Waals surface area (Å²) in [6, 6.07) is 0. The Kier molecular flexibility index (Phi) is 7.63. The second-order valence-electron chi connectivity index (χ2n) is 6.65. The Morgan fingerprint density at radius 2 is 2.18 bits per heavy atom. The Balaban J connectivity index is 3.02. The fourth-order valence-electron chi connectivity index (χ4n) is 3.44. The van der Waals surface area contributed by atoms with E-state index in [9.17, 15) is 10.1 Å². The zero-order chi connectivity index (χ0) is 16.7. The van der Waals surface area contributed by atoms with Gasteiger partial charge in [0.25, 0.3) is 5.09 Å². The number of rotatable bonds is 9. The summed E-state index contributed by atoms with van der Waals surface area (Å²) < 4.78 is 0. The molecule has 0 aromatic heterocycles. The first kappa shape index (κ1) is 18.7. The SMILES string of the molecule is C=C(C)[C@@H]1CCC(C)=C(C(O[N+](=O)[O-])C(CC)CCCC)C1. The van der Waals surface area contributed by atoms with Crippen molar-refractivity contribution in [3.05, 3.63) is 33.4 Å². The number of hydrogen-bond acceptors (Lipinski definition) is 3. The Morgan fingerprint density at radius 3 is 2.68 bits per heavy atom. The maximum atomic E-state index is 11.0. The van der Waals surface area contributed by atoms with Crippen LogP contribution in [0.5, 0.6) is 0 Å². The molecule has 126 valence electrons. The molecule has 4 heteroatoms. The summed E-state index contributed by atoms with van der Waals surface area (Å²) in [5.74, 6) is 0.652. The third kappa shape index (κ3) is 5.15. The first-order valence-corrected chi connectivity index (χ1v) is 8.55. The fourth-order valence-corrected chi connectivity index (χ4v) is 3.44. The van der Waals surface area contributed by atoms with Gasteiger partial charge in [0.1, 0.15) is 6.10 Å². The second-order valence-corrected chi connectivity index (χ2v) is 6.65. The summed E-state index contributed by atoms with van der Waals surface area (Å²) in [7, 11) is 0. The van der Waals surface area contributed by atoms with Gasteiger partial charge in [-0.05, 0) is 56.9 Å². The minimum atomic E-state index is -0.607. The Bertz CT molecular complexity index is 428. The van der Waals surface area contributed by atoms with Crippen molar-refractivity contribution < 1.29 is 9.92 Å². The van der Waals surface area contributed by atoms with Crippen molar-refractivity contribution in [2.45, 2.75) is 78.7 Å². The van der Waals surface area contributed by atoms with E-state index in [0.717, 1.165) is 50.5 Å². The average molecular weight is 309 g/mol. The first-order valence-electron chi connectivity index (χ1n) is 8.55. The van der Waals surface area contributed by atoms with Gasteiger partial charge in [0.2, 0.25) is 0 Å². The molecule has 0 aromatic rings. The van der Waals surface area contributed by atoms with Crippen molar-refractivity contribution in [3.63, 3.8) is 0 Å². The van der Waals surface area contributed by atoms with E-state index in [0.29, 0.717) is 5.92 Å². The molecule has 1 aliphatic rings. The van der Waals surface area contributed by atoms with E-state index < -0.39 is 5.09 Å². The summed E-state index contributed by atoms with van der Waals surface area (Å²) in [5.41, 5.74) is 3.60. The summed E-state index contributed by atoms with van der Waals surface area (Å²) >= 11 is 0. The van der Waals surface area contributed by atoms with Crippen LogP contribution in [0.3, 0.4) is 0 Å². The lowest BCUT2D eigenvalue weighted by Gasteiger charge is -2.34. The molecule has 0 saturated heterocycles. The van der Waals surface area contributed by atoms with Gasteiger partial charge in [-0.3, -0.25) is 0 Å². The van der Waals surface area contributed by atoms with Crippen LogP contribution in [0.25, 0.3) is 0 Å². The van der Waals surface area contributed by atoms with Gasteiger partial charge in [-0.1, -0.05) is 50.8 Å². The lowest BCUT2D eigenvalue weighted by molar-refractivity contribution is -0.768. The van der Waals surface area contributed by atoms with Gasteiger partial charge in [-0.25, -0.2) is 0 Å². The maximum absolute atomic E-state index is 11.0. The largest absolute Gasteiger partial charge is 0.306 e. The van der Waals surface area contributed by atoms with Crippen molar-refractivity contribution in [2.75, 3.05) is 0 Å². The lowest BCUT2D eigenvalue weighted by Crippen LogP contribution is -2.31. The van der Waals surface area contributed by atoms with Crippen LogP contribution in [0, 0.1) is 22.0 Å². The molecule has 1 rings (SSSR count). The molecular weight excluding hydrogens is 278 g/mol. The highest BCUT2D eigenvalue weighted by Gasteiger charge is 2.32. The van der Waals surface area contributed by atoms with Crippen LogP contribution in [0.1, 0.15) is 72.6 Å². The van der Waals surface area contributed by atoms with Gasteiger partial charge in [0.15, 0.2) is 0 Å². The van der Waals surface area contributed by atoms with Gasteiger partial charge in [0, 0.05) is 0 Å². The quantitative estimate of drug-likeness (QED) is 0.322. The van der Waals surface area contributed by atoms with Gasteiger partial charge < -0.3 is 4.84 Å². The van der Waals surface area contributed by atoms with Crippen LogP contribution in [0.4, 0.5) is 0 Å². The molecule has 0 bridgehead atoms. The molecule has 0 N–H and O–H groups in total. The van der Waals surface area contributed by atoms with Gasteiger partial charge in [-0.2, -0.15) is 0 Å². The molecule has 0 amide bonds. The zero-order valence-electron chi connectivity index (χ0n) is 14.6. The molecule has 22 heavy (non-hydrogen) atoms. The van der Waals surface area contributed by atoms with Crippen LogP contribution in [0.15, 0.2) is 23.3 Å². The van der Waals surface area contributed by atoms with Crippen LogP contribution >= 0.6 is 0 Å². The second kappa shape index (κ2) is 8.96. The summed E-state index contributed by atoms with van der Waals surface area (Å²) in [5, 5.41) is 10.4. The fraction of sp³-hybridized carbons (Fsp3) is 0.778. The minimum absolute atomic E-state index is 0.221. The maximum Gasteiger partial charge on any atom is 0.295 e. The zero-order valence-corrected chi connectivity index (χ0v) is 14.6. The molecule has 0 aliphatic heterocycles. The first-order chi connectivity index (χ1) is 10.4. The Morgan fingerprint density at radius 1 is 1.50 bits per heavy atom. The van der Waals surface area contributed by atoms with E-state index in [-0.39, 0.29) is 12.0 Å². The third-order valence-electron chi connectivity index (χ3n) is 5.00. The highest BCUT2D eigenvalue weighted by molar-refractivity contribution is 5.24. The molecule has 0 spiro atoms. The summed E-state index contributed by atoms with van der Waals surface area (Å²) in [6.07, 6.45) is 6.67. The molecule has 0 saturated carbocycles. The molecule has 0 heterocycles. The molecule has 4 nitrogen and oxygen atoms in total. The van der Waals surface area contributed by atoms with E-state index in [1.165, 1.54) is 11.1 Å². The third-order valence-corrected chi connectivity index (χ3v) is 5.00. The minimum Gasteiger partial charge on any atom is -0.306 e. The van der Waals surface area contributed by atoms with Crippen molar-refractivity contribution in [1.29, 1.82) is 0 Å². The number of hydrogen-bond donors (Lipinski definition) is 0. The molecule has 3 atom stereocenters. The standard InChI is InChI=1S/C18H31NO3/c1-6-8-9-15(7-2)18(22-19(20)21)17-12-16(13(3)4)11-10-14(17)5/h15-16,18H,3,6-12H2,1-2,4-5H3/t15?,16-,18?/m1/s1. The smallest absolute Gasteiger partial charge is 0.295 e. The molecule has 0 aromatic carbocycles. The number of allylic oxidation sites excluding steroid dienone is 2. The van der Waals surface area contributed by atoms with E-state index in [1.54, 1.807) is 0 Å². The van der Waals surface area contributed by atoms with E-state index in [4.69, 9.17) is 4.84 Å². The van der Waals surface area contributed by atoms with E-state index >= 15 is 0 Å². The molecular formula is C18H31NO3. The number of unbranched alkanes of at least 4 members (excludes halogenated alkanes) is 1.